The summed E-state index contributed by atoms with van der Waals surface area (Å²) in [6.45, 7) is 6.34. The molecule has 1 heterocycles. The lowest BCUT2D eigenvalue weighted by atomic mass is 10.1. The third kappa shape index (κ3) is 3.92. The van der Waals surface area contributed by atoms with Crippen LogP contribution in [0.2, 0.25) is 10.0 Å². The number of rotatable bonds is 2. The first kappa shape index (κ1) is 16.2. The quantitative estimate of drug-likeness (QED) is 0.825. The van der Waals surface area contributed by atoms with Crippen molar-refractivity contribution < 1.29 is 13.9 Å². The van der Waals surface area contributed by atoms with Crippen LogP contribution >= 0.6 is 23.2 Å². The van der Waals surface area contributed by atoms with Crippen molar-refractivity contribution in [2.45, 2.75) is 32.4 Å². The van der Waals surface area contributed by atoms with Gasteiger partial charge in [-0.2, -0.15) is 0 Å². The van der Waals surface area contributed by atoms with Crippen molar-refractivity contribution in [3.05, 3.63) is 28.0 Å². The normalized spacial score (nSPS) is 15.6. The van der Waals surface area contributed by atoms with Gasteiger partial charge in [0.15, 0.2) is 5.82 Å². The Hall–Kier alpha value is -1.20. The fraction of sp³-hybridized carbons (Fsp3) is 0.500. The maximum Gasteiger partial charge on any atom is 0.410 e. The van der Waals surface area contributed by atoms with E-state index in [0.29, 0.717) is 13.1 Å². The Morgan fingerprint density at radius 1 is 1.38 bits per heavy atom. The van der Waals surface area contributed by atoms with E-state index >= 15 is 0 Å². The molecule has 0 spiro atoms. The molecule has 0 aromatic heterocycles. The van der Waals surface area contributed by atoms with Crippen molar-refractivity contribution >= 4 is 35.0 Å². The molecule has 0 saturated carbocycles. The van der Waals surface area contributed by atoms with Gasteiger partial charge in [-0.1, -0.05) is 23.2 Å². The minimum absolute atomic E-state index is 0.0377. The predicted molar refractivity (Wildman–Crippen MR) is 81.6 cm³/mol. The van der Waals surface area contributed by atoms with Gasteiger partial charge >= 0.3 is 6.09 Å². The Morgan fingerprint density at radius 2 is 2.00 bits per heavy atom. The van der Waals surface area contributed by atoms with E-state index < -0.39 is 11.4 Å². The molecule has 0 unspecified atom stereocenters. The van der Waals surface area contributed by atoms with Crippen LogP contribution in [-0.4, -0.2) is 35.7 Å². The van der Waals surface area contributed by atoms with E-state index in [-0.39, 0.29) is 27.9 Å². The zero-order valence-electron chi connectivity index (χ0n) is 12.0. The first-order valence-corrected chi connectivity index (χ1v) is 7.31. The summed E-state index contributed by atoms with van der Waals surface area (Å²) < 4.78 is 19.1. The van der Waals surface area contributed by atoms with Crippen LogP contribution in [0.4, 0.5) is 14.9 Å². The summed E-state index contributed by atoms with van der Waals surface area (Å²) in [4.78, 5) is 13.3. The molecule has 0 radical (unpaired) electrons. The molecule has 21 heavy (non-hydrogen) atoms. The number of hydrogen-bond donors (Lipinski definition) is 1. The number of nitrogens with zero attached hydrogens (tertiary/aromatic N) is 1. The molecule has 116 valence electrons. The standard InChI is InChI=1S/C14H17Cl2FN2O2/c1-14(2,3)21-13(20)19-6-8(7-19)18-10-5-4-9(15)11(16)12(10)17/h4-5,8,18H,6-7H2,1-3H3. The third-order valence-corrected chi connectivity index (χ3v) is 3.71. The lowest BCUT2D eigenvalue weighted by Gasteiger charge is -2.40. The number of halogens is 3. The fourth-order valence-electron chi connectivity index (χ4n) is 1.90. The number of hydrogen-bond acceptors (Lipinski definition) is 3. The predicted octanol–water partition coefficient (Wildman–Crippen LogP) is 4.16. The number of carbonyl (C=O) groups excluding carboxylic acids is 1. The maximum atomic E-state index is 13.9. The van der Waals surface area contributed by atoms with Gasteiger partial charge in [-0.25, -0.2) is 9.18 Å². The average Bonchev–Trinajstić information content (AvgIpc) is 2.30. The van der Waals surface area contributed by atoms with Crippen molar-refractivity contribution in [2.24, 2.45) is 0 Å². The van der Waals surface area contributed by atoms with E-state index in [1.807, 2.05) is 20.8 Å². The van der Waals surface area contributed by atoms with E-state index in [9.17, 15) is 9.18 Å². The molecule has 1 aliphatic heterocycles. The molecule has 1 fully saturated rings. The van der Waals surface area contributed by atoms with Crippen molar-refractivity contribution in [3.63, 3.8) is 0 Å². The van der Waals surface area contributed by atoms with Crippen LogP contribution < -0.4 is 5.32 Å². The van der Waals surface area contributed by atoms with Crippen LogP contribution in [0.15, 0.2) is 12.1 Å². The van der Waals surface area contributed by atoms with Crippen LogP contribution in [0.25, 0.3) is 0 Å². The van der Waals surface area contributed by atoms with Crippen molar-refractivity contribution in [2.75, 3.05) is 18.4 Å². The van der Waals surface area contributed by atoms with Gasteiger partial charge in [0.1, 0.15) is 5.60 Å². The van der Waals surface area contributed by atoms with Crippen LogP contribution in [0.1, 0.15) is 20.8 Å². The summed E-state index contributed by atoms with van der Waals surface area (Å²) in [7, 11) is 0. The molecule has 7 heteroatoms. The van der Waals surface area contributed by atoms with E-state index in [1.165, 1.54) is 12.1 Å². The van der Waals surface area contributed by atoms with E-state index in [2.05, 4.69) is 5.32 Å². The molecule has 1 aromatic carbocycles. The monoisotopic (exact) mass is 334 g/mol. The molecule has 0 atom stereocenters. The molecule has 1 aliphatic rings. The maximum absolute atomic E-state index is 13.9. The molecular weight excluding hydrogens is 318 g/mol. The van der Waals surface area contributed by atoms with Gasteiger partial charge in [0.2, 0.25) is 0 Å². The lowest BCUT2D eigenvalue weighted by Crippen LogP contribution is -2.58. The average molecular weight is 335 g/mol. The summed E-state index contributed by atoms with van der Waals surface area (Å²) in [5.41, 5.74) is -0.246. The molecule has 0 bridgehead atoms. The van der Waals surface area contributed by atoms with Gasteiger partial charge in [0.25, 0.3) is 0 Å². The molecule has 2 rings (SSSR count). The highest BCUT2D eigenvalue weighted by Crippen LogP contribution is 2.31. The minimum atomic E-state index is -0.583. The number of likely N-dealkylation sites (tertiary alicyclic amines) is 1. The number of ether oxygens (including phenoxy) is 1. The number of carbonyl (C=O) groups is 1. The molecule has 4 nitrogen and oxygen atoms in total. The third-order valence-electron chi connectivity index (χ3n) is 2.93. The Bertz CT molecular complexity index is 555. The number of benzene rings is 1. The van der Waals surface area contributed by atoms with Crippen LogP contribution in [0, 0.1) is 5.82 Å². The van der Waals surface area contributed by atoms with Crippen LogP contribution in [0.3, 0.4) is 0 Å². The fourth-order valence-corrected chi connectivity index (χ4v) is 2.21. The zero-order chi connectivity index (χ0) is 15.8. The van der Waals surface area contributed by atoms with E-state index in [0.717, 1.165) is 0 Å². The van der Waals surface area contributed by atoms with Gasteiger partial charge in [-0.15, -0.1) is 0 Å². The molecule has 1 N–H and O–H groups in total. The topological polar surface area (TPSA) is 41.6 Å². The number of nitrogens with one attached hydrogen (secondary N) is 1. The smallest absolute Gasteiger partial charge is 0.410 e. The Kier molecular flexibility index (Phi) is 4.54. The van der Waals surface area contributed by atoms with Gasteiger partial charge in [-0.05, 0) is 32.9 Å². The molecular formula is C14H17Cl2FN2O2. The number of anilines is 1. The number of amides is 1. The minimum Gasteiger partial charge on any atom is -0.444 e. The van der Waals surface area contributed by atoms with Gasteiger partial charge in [0, 0.05) is 13.1 Å². The lowest BCUT2D eigenvalue weighted by molar-refractivity contribution is 0.0105. The molecule has 1 aromatic rings. The van der Waals surface area contributed by atoms with Crippen molar-refractivity contribution in [3.8, 4) is 0 Å². The Balaban J connectivity index is 1.89. The van der Waals surface area contributed by atoms with Gasteiger partial charge in [-0.3, -0.25) is 0 Å². The van der Waals surface area contributed by atoms with Crippen LogP contribution in [-0.2, 0) is 4.74 Å². The Labute approximate surface area is 133 Å². The van der Waals surface area contributed by atoms with E-state index in [4.69, 9.17) is 27.9 Å². The Morgan fingerprint density at radius 3 is 2.57 bits per heavy atom. The first-order chi connectivity index (χ1) is 9.67. The largest absolute Gasteiger partial charge is 0.444 e. The highest BCUT2D eigenvalue weighted by molar-refractivity contribution is 6.42. The van der Waals surface area contributed by atoms with Crippen molar-refractivity contribution in [1.29, 1.82) is 0 Å². The first-order valence-electron chi connectivity index (χ1n) is 6.55. The van der Waals surface area contributed by atoms with Crippen molar-refractivity contribution in [1.82, 2.24) is 4.90 Å². The summed E-state index contributed by atoms with van der Waals surface area (Å²) in [5, 5.41) is 3.06. The summed E-state index contributed by atoms with van der Waals surface area (Å²) >= 11 is 11.5. The SMILES string of the molecule is CC(C)(C)OC(=O)N1CC(Nc2ccc(Cl)c(Cl)c2F)C1. The van der Waals surface area contributed by atoms with Crippen LogP contribution in [0.5, 0.6) is 0 Å². The van der Waals surface area contributed by atoms with Gasteiger partial charge in [0.05, 0.1) is 21.8 Å². The van der Waals surface area contributed by atoms with Gasteiger partial charge < -0.3 is 15.0 Å². The summed E-state index contributed by atoms with van der Waals surface area (Å²) in [6, 6.07) is 3.02. The van der Waals surface area contributed by atoms with E-state index in [1.54, 1.807) is 4.90 Å². The zero-order valence-corrected chi connectivity index (χ0v) is 13.6. The second-order valence-corrected chi connectivity index (χ2v) is 6.73. The summed E-state index contributed by atoms with van der Waals surface area (Å²) in [5.74, 6) is -0.583. The second kappa shape index (κ2) is 5.89. The highest BCUT2D eigenvalue weighted by Gasteiger charge is 2.34. The molecule has 0 aliphatic carbocycles. The molecule has 1 saturated heterocycles. The molecule has 1 amide bonds. The highest BCUT2D eigenvalue weighted by atomic mass is 35.5. The second-order valence-electron chi connectivity index (χ2n) is 5.95. The summed E-state index contributed by atoms with van der Waals surface area (Å²) in [6.07, 6.45) is -0.366.